The number of carbonyl (C=O) groups excluding carboxylic acids is 1. The lowest BCUT2D eigenvalue weighted by Crippen LogP contribution is -2.47. The summed E-state index contributed by atoms with van der Waals surface area (Å²) in [6.07, 6.45) is 5.97. The lowest BCUT2D eigenvalue weighted by Gasteiger charge is -2.40. The van der Waals surface area contributed by atoms with Crippen molar-refractivity contribution in [2.45, 2.75) is 49.7 Å². The summed E-state index contributed by atoms with van der Waals surface area (Å²) in [4.78, 5) is 11.8. The SMILES string of the molecule is COC1(CC(=O)NC2(CBr)CC2)CCC1. The summed E-state index contributed by atoms with van der Waals surface area (Å²) < 4.78 is 5.44. The van der Waals surface area contributed by atoms with Gasteiger partial charge < -0.3 is 10.1 Å². The van der Waals surface area contributed by atoms with Crippen molar-refractivity contribution in [1.29, 1.82) is 0 Å². The van der Waals surface area contributed by atoms with Crippen LogP contribution in [0.3, 0.4) is 0 Å². The van der Waals surface area contributed by atoms with E-state index < -0.39 is 0 Å². The maximum atomic E-state index is 11.8. The predicted octanol–water partition coefficient (Wildman–Crippen LogP) is 1.99. The van der Waals surface area contributed by atoms with E-state index in [0.29, 0.717) is 6.42 Å². The van der Waals surface area contributed by atoms with Crippen LogP contribution in [0.2, 0.25) is 0 Å². The lowest BCUT2D eigenvalue weighted by molar-refractivity contribution is -0.135. The summed E-state index contributed by atoms with van der Waals surface area (Å²) in [5, 5.41) is 3.98. The van der Waals surface area contributed by atoms with Gasteiger partial charge in [0.2, 0.25) is 5.91 Å². The molecule has 0 atom stereocenters. The number of halogens is 1. The van der Waals surface area contributed by atoms with Gasteiger partial charge >= 0.3 is 0 Å². The van der Waals surface area contributed by atoms with Crippen LogP contribution < -0.4 is 5.32 Å². The van der Waals surface area contributed by atoms with Crippen LogP contribution in [0.4, 0.5) is 0 Å². The predicted molar refractivity (Wildman–Crippen MR) is 62.1 cm³/mol. The molecule has 0 aliphatic heterocycles. The first kappa shape index (κ1) is 11.4. The number of amides is 1. The Bertz CT molecular complexity index is 254. The molecule has 3 nitrogen and oxygen atoms in total. The minimum absolute atomic E-state index is 0.0652. The van der Waals surface area contributed by atoms with E-state index in [0.717, 1.165) is 31.0 Å². The van der Waals surface area contributed by atoms with Crippen molar-refractivity contribution in [3.8, 4) is 0 Å². The zero-order valence-corrected chi connectivity index (χ0v) is 10.7. The van der Waals surface area contributed by atoms with E-state index >= 15 is 0 Å². The molecule has 2 aliphatic rings. The molecule has 2 fully saturated rings. The molecule has 15 heavy (non-hydrogen) atoms. The fourth-order valence-corrected chi connectivity index (χ4v) is 2.80. The third-order valence-corrected chi connectivity index (χ3v) is 4.77. The quantitative estimate of drug-likeness (QED) is 0.780. The molecule has 0 aromatic heterocycles. The molecule has 2 saturated carbocycles. The van der Waals surface area contributed by atoms with Crippen LogP contribution in [0.15, 0.2) is 0 Å². The first-order valence-electron chi connectivity index (χ1n) is 5.56. The van der Waals surface area contributed by atoms with Gasteiger partial charge in [0.15, 0.2) is 0 Å². The third kappa shape index (κ3) is 2.36. The van der Waals surface area contributed by atoms with E-state index in [9.17, 15) is 4.79 Å². The molecule has 0 bridgehead atoms. The fraction of sp³-hybridized carbons (Fsp3) is 0.909. The van der Waals surface area contributed by atoms with Gasteiger partial charge in [-0.25, -0.2) is 0 Å². The number of hydrogen-bond donors (Lipinski definition) is 1. The Balaban J connectivity index is 1.82. The molecule has 2 rings (SSSR count). The van der Waals surface area contributed by atoms with Gasteiger partial charge in [0, 0.05) is 18.0 Å². The molecular formula is C11H18BrNO2. The summed E-state index contributed by atoms with van der Waals surface area (Å²) in [5.74, 6) is 0.147. The van der Waals surface area contributed by atoms with Crippen molar-refractivity contribution in [1.82, 2.24) is 5.32 Å². The second kappa shape index (κ2) is 4.06. The van der Waals surface area contributed by atoms with E-state index in [4.69, 9.17) is 4.74 Å². The number of alkyl halides is 1. The van der Waals surface area contributed by atoms with E-state index in [1.807, 2.05) is 0 Å². The number of methoxy groups -OCH3 is 1. The highest BCUT2D eigenvalue weighted by Crippen LogP contribution is 2.40. The van der Waals surface area contributed by atoms with Crippen molar-refractivity contribution in [2.75, 3.05) is 12.4 Å². The highest BCUT2D eigenvalue weighted by atomic mass is 79.9. The van der Waals surface area contributed by atoms with Crippen LogP contribution >= 0.6 is 15.9 Å². The molecule has 0 heterocycles. The summed E-state index contributed by atoms with van der Waals surface area (Å²) in [7, 11) is 1.71. The number of hydrogen-bond acceptors (Lipinski definition) is 2. The second-order valence-electron chi connectivity index (χ2n) is 4.88. The highest BCUT2D eigenvalue weighted by Gasteiger charge is 2.45. The Hall–Kier alpha value is -0.0900. The molecule has 0 aromatic carbocycles. The Morgan fingerprint density at radius 3 is 2.40 bits per heavy atom. The average Bonchev–Trinajstić information content (AvgIpc) is 2.92. The molecular weight excluding hydrogens is 258 g/mol. The smallest absolute Gasteiger partial charge is 0.223 e. The third-order valence-electron chi connectivity index (χ3n) is 3.69. The van der Waals surface area contributed by atoms with Gasteiger partial charge in [0.1, 0.15) is 0 Å². The molecule has 0 unspecified atom stereocenters. The number of carbonyl (C=O) groups is 1. The molecule has 1 amide bonds. The van der Waals surface area contributed by atoms with Gasteiger partial charge in [-0.2, -0.15) is 0 Å². The number of ether oxygens (including phenoxy) is 1. The van der Waals surface area contributed by atoms with E-state index in [-0.39, 0.29) is 17.0 Å². The van der Waals surface area contributed by atoms with E-state index in [2.05, 4.69) is 21.2 Å². The minimum Gasteiger partial charge on any atom is -0.378 e. The number of rotatable bonds is 5. The monoisotopic (exact) mass is 275 g/mol. The standard InChI is InChI=1S/C11H18BrNO2/c1-15-11(3-2-4-11)7-9(14)13-10(8-12)5-6-10/h2-8H2,1H3,(H,13,14). The fourth-order valence-electron chi connectivity index (χ4n) is 2.10. The zero-order valence-electron chi connectivity index (χ0n) is 9.14. The van der Waals surface area contributed by atoms with Gasteiger partial charge in [-0.15, -0.1) is 0 Å². The van der Waals surface area contributed by atoms with Crippen molar-refractivity contribution in [3.05, 3.63) is 0 Å². The maximum Gasteiger partial charge on any atom is 0.223 e. The molecule has 0 radical (unpaired) electrons. The van der Waals surface area contributed by atoms with Crippen LogP contribution in [0.5, 0.6) is 0 Å². The van der Waals surface area contributed by atoms with Crippen molar-refractivity contribution < 1.29 is 9.53 Å². The minimum atomic E-state index is -0.146. The van der Waals surface area contributed by atoms with Crippen LogP contribution in [0, 0.1) is 0 Å². The normalized spacial score (nSPS) is 25.5. The average molecular weight is 276 g/mol. The topological polar surface area (TPSA) is 38.3 Å². The van der Waals surface area contributed by atoms with Gasteiger partial charge in [-0.1, -0.05) is 15.9 Å². The van der Waals surface area contributed by atoms with Gasteiger partial charge in [-0.05, 0) is 32.1 Å². The molecule has 0 spiro atoms. The molecule has 1 N–H and O–H groups in total. The van der Waals surface area contributed by atoms with Gasteiger partial charge in [0.25, 0.3) is 0 Å². The summed E-state index contributed by atoms with van der Waals surface area (Å²) in [6.45, 7) is 0. The second-order valence-corrected chi connectivity index (χ2v) is 5.44. The molecule has 0 saturated heterocycles. The van der Waals surface area contributed by atoms with Crippen LogP contribution in [-0.4, -0.2) is 29.5 Å². The maximum absolute atomic E-state index is 11.8. The Labute approximate surface area is 99.1 Å². The largest absolute Gasteiger partial charge is 0.378 e. The molecule has 86 valence electrons. The molecule has 4 heteroatoms. The van der Waals surface area contributed by atoms with Gasteiger partial charge in [-0.3, -0.25) is 4.79 Å². The van der Waals surface area contributed by atoms with Crippen molar-refractivity contribution >= 4 is 21.8 Å². The molecule has 2 aliphatic carbocycles. The Morgan fingerprint density at radius 2 is 2.07 bits per heavy atom. The summed E-state index contributed by atoms with van der Waals surface area (Å²) >= 11 is 3.44. The first-order chi connectivity index (χ1) is 7.14. The Morgan fingerprint density at radius 1 is 1.40 bits per heavy atom. The highest BCUT2D eigenvalue weighted by molar-refractivity contribution is 9.09. The van der Waals surface area contributed by atoms with Crippen LogP contribution in [-0.2, 0) is 9.53 Å². The summed E-state index contributed by atoms with van der Waals surface area (Å²) in [6, 6.07) is 0. The molecule has 0 aromatic rings. The summed E-state index contributed by atoms with van der Waals surface area (Å²) in [5.41, 5.74) is -0.0811. The zero-order chi connectivity index (χ0) is 10.9. The first-order valence-corrected chi connectivity index (χ1v) is 6.68. The van der Waals surface area contributed by atoms with Crippen molar-refractivity contribution in [3.63, 3.8) is 0 Å². The van der Waals surface area contributed by atoms with Crippen LogP contribution in [0.25, 0.3) is 0 Å². The van der Waals surface area contributed by atoms with Crippen LogP contribution in [0.1, 0.15) is 38.5 Å². The van der Waals surface area contributed by atoms with Crippen molar-refractivity contribution in [2.24, 2.45) is 0 Å². The van der Waals surface area contributed by atoms with Gasteiger partial charge in [0.05, 0.1) is 12.0 Å². The lowest BCUT2D eigenvalue weighted by atomic mass is 9.77. The Kier molecular flexibility index (Phi) is 3.08. The van der Waals surface area contributed by atoms with E-state index in [1.54, 1.807) is 7.11 Å². The van der Waals surface area contributed by atoms with E-state index in [1.165, 1.54) is 6.42 Å². The number of nitrogens with one attached hydrogen (secondary N) is 1.